The first-order valence-corrected chi connectivity index (χ1v) is 8.73. The number of ether oxygens (including phenoxy) is 1. The van der Waals surface area contributed by atoms with E-state index in [0.29, 0.717) is 28.5 Å². The van der Waals surface area contributed by atoms with Gasteiger partial charge in [-0.25, -0.2) is 14.6 Å². The Labute approximate surface area is 161 Å². The van der Waals surface area contributed by atoms with Gasteiger partial charge in [0.05, 0.1) is 19.3 Å². The fourth-order valence-electron chi connectivity index (χ4n) is 2.82. The third-order valence-corrected chi connectivity index (χ3v) is 4.55. The van der Waals surface area contributed by atoms with Crippen LogP contribution in [0.5, 0.6) is 5.75 Å². The van der Waals surface area contributed by atoms with Gasteiger partial charge in [-0.05, 0) is 36.2 Å². The van der Waals surface area contributed by atoms with E-state index >= 15 is 0 Å². The highest BCUT2D eigenvalue weighted by Crippen LogP contribution is 2.30. The molecule has 27 heavy (non-hydrogen) atoms. The summed E-state index contributed by atoms with van der Waals surface area (Å²) >= 11 is 6.26. The number of hydrogen-bond donors (Lipinski definition) is 1. The fourth-order valence-corrected chi connectivity index (χ4v) is 3.02. The predicted octanol–water partition coefficient (Wildman–Crippen LogP) is 3.98. The third kappa shape index (κ3) is 3.41. The van der Waals surface area contributed by atoms with Crippen LogP contribution in [0, 0.1) is 6.92 Å². The molecule has 2 heterocycles. The van der Waals surface area contributed by atoms with Crippen LogP contribution in [0.2, 0.25) is 5.02 Å². The van der Waals surface area contributed by atoms with Crippen LogP contribution in [0.15, 0.2) is 48.8 Å². The lowest BCUT2D eigenvalue weighted by atomic mass is 10.2. The molecule has 0 atom stereocenters. The Balaban J connectivity index is 1.71. The Morgan fingerprint density at radius 2 is 2.00 bits per heavy atom. The van der Waals surface area contributed by atoms with E-state index in [1.165, 1.54) is 6.33 Å². The average molecular weight is 381 g/mol. The van der Waals surface area contributed by atoms with E-state index in [9.17, 15) is 0 Å². The van der Waals surface area contributed by atoms with Gasteiger partial charge in [0.1, 0.15) is 12.1 Å². The summed E-state index contributed by atoms with van der Waals surface area (Å²) < 4.78 is 7.13. The SMILES string of the molecule is COc1ccc(C)cc1Nc1ncnc2c1nnn2Cc1ccccc1Cl. The van der Waals surface area contributed by atoms with Gasteiger partial charge < -0.3 is 10.1 Å². The third-order valence-electron chi connectivity index (χ3n) is 4.19. The maximum absolute atomic E-state index is 6.26. The first-order valence-electron chi connectivity index (χ1n) is 8.35. The molecule has 4 rings (SSSR count). The van der Waals surface area contributed by atoms with Gasteiger partial charge in [-0.2, -0.15) is 0 Å². The number of nitrogens with one attached hydrogen (secondary N) is 1. The molecule has 136 valence electrons. The number of nitrogens with zero attached hydrogens (tertiary/aromatic N) is 5. The summed E-state index contributed by atoms with van der Waals surface area (Å²) in [7, 11) is 1.63. The van der Waals surface area contributed by atoms with Crippen LogP contribution in [0.3, 0.4) is 0 Å². The van der Waals surface area contributed by atoms with E-state index in [1.54, 1.807) is 11.8 Å². The van der Waals surface area contributed by atoms with E-state index < -0.39 is 0 Å². The molecule has 7 nitrogen and oxygen atoms in total. The standard InChI is InChI=1S/C19H17ClN6O/c1-12-7-8-16(27-2)15(9-12)23-18-17-19(22-11-21-18)26(25-24-17)10-13-5-3-4-6-14(13)20/h3-9,11H,10H2,1-2H3,(H,21,22,23). The number of aryl methyl sites for hydroxylation is 1. The summed E-state index contributed by atoms with van der Waals surface area (Å²) in [6.45, 7) is 2.49. The second kappa shape index (κ2) is 7.20. The molecule has 0 saturated heterocycles. The number of rotatable bonds is 5. The van der Waals surface area contributed by atoms with Crippen molar-refractivity contribution in [3.8, 4) is 5.75 Å². The van der Waals surface area contributed by atoms with E-state index in [4.69, 9.17) is 16.3 Å². The first-order chi connectivity index (χ1) is 13.2. The largest absolute Gasteiger partial charge is 0.495 e. The number of anilines is 2. The van der Waals surface area contributed by atoms with Gasteiger partial charge in [-0.1, -0.05) is 41.1 Å². The van der Waals surface area contributed by atoms with Crippen molar-refractivity contribution < 1.29 is 4.74 Å². The van der Waals surface area contributed by atoms with Gasteiger partial charge in [0.15, 0.2) is 17.0 Å². The molecule has 0 saturated carbocycles. The van der Waals surface area contributed by atoms with Crippen LogP contribution in [-0.2, 0) is 6.54 Å². The minimum Gasteiger partial charge on any atom is -0.495 e. The van der Waals surface area contributed by atoms with Crippen LogP contribution in [-0.4, -0.2) is 32.1 Å². The molecule has 0 fully saturated rings. The summed E-state index contributed by atoms with van der Waals surface area (Å²) in [5.41, 5.74) is 4.05. The molecule has 8 heteroatoms. The quantitative estimate of drug-likeness (QED) is 0.564. The van der Waals surface area contributed by atoms with Crippen molar-refractivity contribution in [3.63, 3.8) is 0 Å². The first kappa shape index (κ1) is 17.2. The van der Waals surface area contributed by atoms with Gasteiger partial charge in [0.2, 0.25) is 0 Å². The van der Waals surface area contributed by atoms with Crippen LogP contribution in [0.4, 0.5) is 11.5 Å². The van der Waals surface area contributed by atoms with Gasteiger partial charge in [-0.3, -0.25) is 0 Å². The summed E-state index contributed by atoms with van der Waals surface area (Å²) in [6, 6.07) is 13.5. The molecule has 0 amide bonds. The van der Waals surface area contributed by atoms with Gasteiger partial charge in [-0.15, -0.1) is 5.10 Å². The Hall–Kier alpha value is -3.19. The molecule has 1 N–H and O–H groups in total. The Kier molecular flexibility index (Phi) is 4.60. The number of aromatic nitrogens is 5. The van der Waals surface area contributed by atoms with Crippen LogP contribution in [0.1, 0.15) is 11.1 Å². The predicted molar refractivity (Wildman–Crippen MR) is 105 cm³/mol. The summed E-state index contributed by atoms with van der Waals surface area (Å²) in [6.07, 6.45) is 1.49. The maximum Gasteiger partial charge on any atom is 0.184 e. The molecule has 0 aliphatic carbocycles. The van der Waals surface area contributed by atoms with Crippen molar-refractivity contribution in [3.05, 3.63) is 64.9 Å². The van der Waals surface area contributed by atoms with Crippen molar-refractivity contribution in [2.75, 3.05) is 12.4 Å². The zero-order valence-corrected chi connectivity index (χ0v) is 15.6. The highest BCUT2D eigenvalue weighted by molar-refractivity contribution is 6.31. The summed E-state index contributed by atoms with van der Waals surface area (Å²) in [4.78, 5) is 8.67. The minimum absolute atomic E-state index is 0.473. The Morgan fingerprint density at radius 3 is 2.81 bits per heavy atom. The number of halogens is 1. The van der Waals surface area contributed by atoms with E-state index in [-0.39, 0.29) is 0 Å². The smallest absolute Gasteiger partial charge is 0.184 e. The number of hydrogen-bond acceptors (Lipinski definition) is 6. The lowest BCUT2D eigenvalue weighted by molar-refractivity contribution is 0.416. The Morgan fingerprint density at radius 1 is 1.15 bits per heavy atom. The molecule has 4 aromatic rings. The highest BCUT2D eigenvalue weighted by Gasteiger charge is 2.14. The van der Waals surface area contributed by atoms with Gasteiger partial charge >= 0.3 is 0 Å². The molecule has 0 aliphatic heterocycles. The molecular formula is C19H17ClN6O. The van der Waals surface area contributed by atoms with E-state index in [1.807, 2.05) is 49.4 Å². The van der Waals surface area contributed by atoms with E-state index in [0.717, 1.165) is 22.6 Å². The normalized spacial score (nSPS) is 10.9. The lowest BCUT2D eigenvalue weighted by Gasteiger charge is -2.11. The van der Waals surface area contributed by atoms with Crippen LogP contribution >= 0.6 is 11.6 Å². The molecule has 2 aromatic heterocycles. The molecular weight excluding hydrogens is 364 g/mol. The number of benzene rings is 2. The second-order valence-corrected chi connectivity index (χ2v) is 6.47. The molecule has 0 bridgehead atoms. The average Bonchev–Trinajstić information content (AvgIpc) is 3.08. The highest BCUT2D eigenvalue weighted by atomic mass is 35.5. The topological polar surface area (TPSA) is 77.8 Å². The van der Waals surface area contributed by atoms with Gasteiger partial charge in [0, 0.05) is 5.02 Å². The minimum atomic E-state index is 0.473. The zero-order chi connectivity index (χ0) is 18.8. The number of fused-ring (bicyclic) bond motifs is 1. The molecule has 0 spiro atoms. The maximum atomic E-state index is 6.26. The Bertz CT molecular complexity index is 1110. The summed E-state index contributed by atoms with van der Waals surface area (Å²) in [5, 5.41) is 12.4. The monoisotopic (exact) mass is 380 g/mol. The summed E-state index contributed by atoms with van der Waals surface area (Å²) in [5.74, 6) is 1.28. The van der Waals surface area contributed by atoms with Crippen molar-refractivity contribution in [2.45, 2.75) is 13.5 Å². The van der Waals surface area contributed by atoms with Crippen LogP contribution < -0.4 is 10.1 Å². The van der Waals surface area contributed by atoms with Crippen molar-refractivity contribution >= 4 is 34.3 Å². The molecule has 2 aromatic carbocycles. The van der Waals surface area contributed by atoms with Crippen molar-refractivity contribution in [2.24, 2.45) is 0 Å². The fraction of sp³-hybridized carbons (Fsp3) is 0.158. The van der Waals surface area contributed by atoms with Crippen LogP contribution in [0.25, 0.3) is 11.2 Å². The number of methoxy groups -OCH3 is 1. The second-order valence-electron chi connectivity index (χ2n) is 6.06. The van der Waals surface area contributed by atoms with E-state index in [2.05, 4.69) is 25.6 Å². The zero-order valence-electron chi connectivity index (χ0n) is 14.8. The molecule has 0 radical (unpaired) electrons. The molecule has 0 aliphatic rings. The van der Waals surface area contributed by atoms with Gasteiger partial charge in [0.25, 0.3) is 0 Å². The molecule has 0 unspecified atom stereocenters. The lowest BCUT2D eigenvalue weighted by Crippen LogP contribution is -2.04. The van der Waals surface area contributed by atoms with Crippen molar-refractivity contribution in [1.82, 2.24) is 25.0 Å². The van der Waals surface area contributed by atoms with Crippen molar-refractivity contribution in [1.29, 1.82) is 0 Å².